The second-order valence-electron chi connectivity index (χ2n) is 5.19. The minimum atomic E-state index is -0.406. The molecule has 0 bridgehead atoms. The Morgan fingerprint density at radius 2 is 1.84 bits per heavy atom. The normalized spacial score (nSPS) is 10.5. The first kappa shape index (κ1) is 17.3. The number of hydrogen-bond acceptors (Lipinski definition) is 2. The Balaban J connectivity index is 1.66. The molecular weight excluding hydrogens is 366 g/mol. The summed E-state index contributed by atoms with van der Waals surface area (Å²) in [4.78, 5) is 0. The van der Waals surface area contributed by atoms with E-state index in [-0.39, 0.29) is 17.3 Å². The first-order chi connectivity index (χ1) is 12.0. The monoisotopic (exact) mass is 378 g/mol. The van der Waals surface area contributed by atoms with Crippen LogP contribution in [0, 0.1) is 11.6 Å². The number of hydrogen-bond donors (Lipinski definition) is 2. The molecule has 4 nitrogen and oxygen atoms in total. The molecule has 0 saturated carbocycles. The van der Waals surface area contributed by atoms with Gasteiger partial charge in [0.05, 0.1) is 24.1 Å². The van der Waals surface area contributed by atoms with Crippen LogP contribution in [0.15, 0.2) is 54.9 Å². The van der Waals surface area contributed by atoms with Gasteiger partial charge in [-0.1, -0.05) is 29.8 Å². The summed E-state index contributed by atoms with van der Waals surface area (Å²) in [5.41, 5.74) is 1.21. The number of nitrogens with zero attached hydrogens (tertiary/aromatic N) is 2. The van der Waals surface area contributed by atoms with E-state index in [2.05, 4.69) is 15.7 Å². The Bertz CT molecular complexity index is 893. The third kappa shape index (κ3) is 4.32. The van der Waals surface area contributed by atoms with Gasteiger partial charge < -0.3 is 10.6 Å². The Hall–Kier alpha value is -2.51. The second-order valence-corrected chi connectivity index (χ2v) is 6.00. The largest absolute Gasteiger partial charge is 0.330 e. The van der Waals surface area contributed by atoms with Gasteiger partial charge in [0.25, 0.3) is 0 Å². The maximum Gasteiger partial charge on any atom is 0.175 e. The van der Waals surface area contributed by atoms with Gasteiger partial charge in [0.1, 0.15) is 11.6 Å². The summed E-state index contributed by atoms with van der Waals surface area (Å²) in [6.07, 6.45) is 3.18. The maximum atomic E-state index is 13.8. The van der Waals surface area contributed by atoms with Crippen LogP contribution in [0.25, 0.3) is 0 Å². The molecule has 1 heterocycles. The smallest absolute Gasteiger partial charge is 0.175 e. The molecule has 0 amide bonds. The van der Waals surface area contributed by atoms with Crippen molar-refractivity contribution >= 4 is 40.3 Å². The molecule has 3 aromatic rings. The predicted octanol–water partition coefficient (Wildman–Crippen LogP) is 4.67. The standard InChI is InChI=1S/C17H13ClF2N4S/c18-13-4-3-6-14(19)12(13)10-24-9-11(8-21-24)22-17(25)23-16-7-2-1-5-15(16)20/h1-9H,10H2,(H2,22,23,25). The van der Waals surface area contributed by atoms with E-state index in [0.29, 0.717) is 16.3 Å². The van der Waals surface area contributed by atoms with Crippen molar-refractivity contribution in [2.75, 3.05) is 10.6 Å². The summed E-state index contributed by atoms with van der Waals surface area (Å²) >= 11 is 11.2. The van der Waals surface area contributed by atoms with Crippen molar-refractivity contribution < 1.29 is 8.78 Å². The SMILES string of the molecule is Fc1ccccc1NC(=S)Nc1cnn(Cc2c(F)cccc2Cl)c1. The molecule has 0 atom stereocenters. The molecule has 0 unspecified atom stereocenters. The number of nitrogens with one attached hydrogen (secondary N) is 2. The zero-order chi connectivity index (χ0) is 17.8. The van der Waals surface area contributed by atoms with E-state index in [1.807, 2.05) is 0 Å². The van der Waals surface area contributed by atoms with Crippen LogP contribution < -0.4 is 10.6 Å². The minimum Gasteiger partial charge on any atom is -0.330 e. The summed E-state index contributed by atoms with van der Waals surface area (Å²) < 4.78 is 28.9. The van der Waals surface area contributed by atoms with Crippen molar-refractivity contribution in [3.8, 4) is 0 Å². The van der Waals surface area contributed by atoms with Gasteiger partial charge in [-0.3, -0.25) is 4.68 Å². The fraction of sp³-hybridized carbons (Fsp3) is 0.0588. The van der Waals surface area contributed by atoms with Crippen LogP contribution in [0.5, 0.6) is 0 Å². The van der Waals surface area contributed by atoms with Crippen LogP contribution >= 0.6 is 23.8 Å². The van der Waals surface area contributed by atoms with E-state index in [0.717, 1.165) is 0 Å². The maximum absolute atomic E-state index is 13.8. The van der Waals surface area contributed by atoms with Crippen LogP contribution in [0.3, 0.4) is 0 Å². The van der Waals surface area contributed by atoms with Gasteiger partial charge in [0.2, 0.25) is 0 Å². The lowest BCUT2D eigenvalue weighted by Gasteiger charge is -2.09. The highest BCUT2D eigenvalue weighted by atomic mass is 35.5. The number of benzene rings is 2. The van der Waals surface area contributed by atoms with Gasteiger partial charge >= 0.3 is 0 Å². The third-order valence-corrected chi connectivity index (χ3v) is 3.95. The molecule has 25 heavy (non-hydrogen) atoms. The molecule has 0 aliphatic rings. The summed E-state index contributed by atoms with van der Waals surface area (Å²) in [6, 6.07) is 10.7. The average molecular weight is 379 g/mol. The van der Waals surface area contributed by atoms with Crippen molar-refractivity contribution in [2.24, 2.45) is 0 Å². The van der Waals surface area contributed by atoms with Gasteiger partial charge in [-0.2, -0.15) is 5.10 Å². The molecule has 0 saturated heterocycles. The van der Waals surface area contributed by atoms with Gasteiger partial charge in [-0.05, 0) is 36.5 Å². The molecule has 128 valence electrons. The molecule has 8 heteroatoms. The lowest BCUT2D eigenvalue weighted by molar-refractivity contribution is 0.585. The van der Waals surface area contributed by atoms with Crippen molar-refractivity contribution in [2.45, 2.75) is 6.54 Å². The molecule has 1 aromatic heterocycles. The molecule has 0 aliphatic heterocycles. The highest BCUT2D eigenvalue weighted by Gasteiger charge is 2.09. The van der Waals surface area contributed by atoms with Crippen LogP contribution in [0.2, 0.25) is 5.02 Å². The number of para-hydroxylation sites is 1. The highest BCUT2D eigenvalue weighted by Crippen LogP contribution is 2.20. The van der Waals surface area contributed by atoms with E-state index < -0.39 is 11.6 Å². The molecule has 0 fully saturated rings. The van der Waals surface area contributed by atoms with E-state index in [4.69, 9.17) is 23.8 Å². The molecule has 0 aliphatic carbocycles. The molecule has 2 aromatic carbocycles. The summed E-state index contributed by atoms with van der Waals surface area (Å²) in [6.45, 7) is 0.181. The number of anilines is 2. The van der Waals surface area contributed by atoms with Gasteiger partial charge in [-0.15, -0.1) is 0 Å². The number of rotatable bonds is 4. The summed E-state index contributed by atoms with van der Waals surface area (Å²) in [5, 5.41) is 10.3. The van der Waals surface area contributed by atoms with E-state index in [1.54, 1.807) is 36.5 Å². The molecule has 2 N–H and O–H groups in total. The fourth-order valence-corrected chi connectivity index (χ4v) is 2.66. The van der Waals surface area contributed by atoms with Crippen molar-refractivity contribution in [1.29, 1.82) is 0 Å². The van der Waals surface area contributed by atoms with Gasteiger partial charge in [0.15, 0.2) is 5.11 Å². The Morgan fingerprint density at radius 3 is 2.60 bits per heavy atom. The van der Waals surface area contributed by atoms with Crippen LogP contribution in [0.1, 0.15) is 5.56 Å². The predicted molar refractivity (Wildman–Crippen MR) is 99.0 cm³/mol. The Morgan fingerprint density at radius 1 is 1.08 bits per heavy atom. The lowest BCUT2D eigenvalue weighted by atomic mass is 10.2. The van der Waals surface area contributed by atoms with Crippen LogP contribution in [-0.2, 0) is 6.54 Å². The first-order valence-corrected chi connectivity index (χ1v) is 8.09. The van der Waals surface area contributed by atoms with E-state index >= 15 is 0 Å². The molecule has 3 rings (SSSR count). The zero-order valence-electron chi connectivity index (χ0n) is 12.8. The average Bonchev–Trinajstić information content (AvgIpc) is 3.00. The van der Waals surface area contributed by atoms with Crippen molar-refractivity contribution in [3.05, 3.63) is 77.1 Å². The van der Waals surface area contributed by atoms with Gasteiger partial charge in [0, 0.05) is 16.8 Å². The van der Waals surface area contributed by atoms with Crippen LogP contribution in [-0.4, -0.2) is 14.9 Å². The second kappa shape index (κ2) is 7.58. The number of thiocarbonyl (C=S) groups is 1. The quantitative estimate of drug-likeness (QED) is 0.647. The molecule has 0 radical (unpaired) electrons. The van der Waals surface area contributed by atoms with Gasteiger partial charge in [-0.25, -0.2) is 8.78 Å². The lowest BCUT2D eigenvalue weighted by Crippen LogP contribution is -2.19. The van der Waals surface area contributed by atoms with E-state index in [1.165, 1.54) is 23.0 Å². The molecule has 0 spiro atoms. The van der Waals surface area contributed by atoms with E-state index in [9.17, 15) is 8.78 Å². The van der Waals surface area contributed by atoms with Crippen molar-refractivity contribution in [1.82, 2.24) is 9.78 Å². The summed E-state index contributed by atoms with van der Waals surface area (Å²) in [7, 11) is 0. The third-order valence-electron chi connectivity index (χ3n) is 3.39. The van der Waals surface area contributed by atoms with Crippen molar-refractivity contribution in [3.63, 3.8) is 0 Å². The molecular formula is C17H13ClF2N4S. The Kier molecular flexibility index (Phi) is 5.25. The number of halogens is 3. The Labute approximate surface area is 153 Å². The minimum absolute atomic E-state index is 0.181. The topological polar surface area (TPSA) is 41.9 Å². The zero-order valence-corrected chi connectivity index (χ0v) is 14.4. The van der Waals surface area contributed by atoms with Crippen LogP contribution in [0.4, 0.5) is 20.2 Å². The highest BCUT2D eigenvalue weighted by molar-refractivity contribution is 7.80. The first-order valence-electron chi connectivity index (χ1n) is 7.31. The number of aromatic nitrogens is 2. The fourth-order valence-electron chi connectivity index (χ4n) is 2.21. The summed E-state index contributed by atoms with van der Waals surface area (Å²) in [5.74, 6) is -0.800.